The van der Waals surface area contributed by atoms with Gasteiger partial charge in [0.05, 0.1) is 16.9 Å². The first-order valence-corrected chi connectivity index (χ1v) is 9.02. The van der Waals surface area contributed by atoms with Crippen molar-refractivity contribution in [1.82, 2.24) is 19.9 Å². The Labute approximate surface area is 156 Å². The van der Waals surface area contributed by atoms with E-state index in [9.17, 15) is 9.59 Å². The molecule has 7 nitrogen and oxygen atoms in total. The maximum Gasteiger partial charge on any atom is 0.321 e. The average Bonchev–Trinajstić information content (AvgIpc) is 2.87. The van der Waals surface area contributed by atoms with Crippen molar-refractivity contribution in [3.05, 3.63) is 63.5 Å². The van der Waals surface area contributed by atoms with E-state index in [0.717, 1.165) is 27.8 Å². The number of carbonyl (C=O) groups is 1. The molecule has 1 aliphatic rings. The van der Waals surface area contributed by atoms with E-state index in [1.807, 2.05) is 31.2 Å². The fourth-order valence-corrected chi connectivity index (χ4v) is 3.55. The zero-order chi connectivity index (χ0) is 19.0. The zero-order valence-electron chi connectivity index (χ0n) is 15.4. The van der Waals surface area contributed by atoms with Crippen LogP contribution in [0.5, 0.6) is 0 Å². The monoisotopic (exact) mass is 363 g/mol. The number of pyridine rings is 1. The SMILES string of the molecule is Cc1nc2c(c(=O)[nH]1)CCN(C(=O)Nc1ccc(C)c3ncccc13)CC2. The Balaban J connectivity index is 1.56. The van der Waals surface area contributed by atoms with Crippen LogP contribution in [0.1, 0.15) is 22.6 Å². The fraction of sp³-hybridized carbons (Fsp3) is 0.300. The van der Waals surface area contributed by atoms with Gasteiger partial charge in [-0.1, -0.05) is 6.07 Å². The average molecular weight is 363 g/mol. The summed E-state index contributed by atoms with van der Waals surface area (Å²) in [6.07, 6.45) is 2.82. The number of aromatic amines is 1. The van der Waals surface area contributed by atoms with E-state index in [1.54, 1.807) is 18.0 Å². The number of nitrogens with one attached hydrogen (secondary N) is 2. The number of fused-ring (bicyclic) bond motifs is 2. The molecule has 4 rings (SSSR count). The topological polar surface area (TPSA) is 91.0 Å². The Morgan fingerprint density at radius 3 is 2.85 bits per heavy atom. The molecule has 0 saturated heterocycles. The quantitative estimate of drug-likeness (QED) is 0.695. The predicted octanol–water partition coefficient (Wildman–Crippen LogP) is 2.57. The summed E-state index contributed by atoms with van der Waals surface area (Å²) >= 11 is 0. The van der Waals surface area contributed by atoms with Crippen molar-refractivity contribution < 1.29 is 4.79 Å². The minimum absolute atomic E-state index is 0.102. The van der Waals surface area contributed by atoms with E-state index >= 15 is 0 Å². The van der Waals surface area contributed by atoms with Crippen molar-refractivity contribution in [2.75, 3.05) is 18.4 Å². The lowest BCUT2D eigenvalue weighted by atomic mass is 10.1. The lowest BCUT2D eigenvalue weighted by Gasteiger charge is -2.21. The Hall–Kier alpha value is -3.22. The van der Waals surface area contributed by atoms with Gasteiger partial charge in [0.15, 0.2) is 0 Å². The highest BCUT2D eigenvalue weighted by molar-refractivity contribution is 6.01. The van der Waals surface area contributed by atoms with Crippen LogP contribution < -0.4 is 10.9 Å². The summed E-state index contributed by atoms with van der Waals surface area (Å²) in [6.45, 7) is 4.78. The van der Waals surface area contributed by atoms with Crippen LogP contribution in [-0.4, -0.2) is 39.0 Å². The highest BCUT2D eigenvalue weighted by atomic mass is 16.2. The van der Waals surface area contributed by atoms with Crippen LogP contribution in [0.15, 0.2) is 35.3 Å². The Bertz CT molecular complexity index is 1090. The van der Waals surface area contributed by atoms with Crippen molar-refractivity contribution >= 4 is 22.6 Å². The second-order valence-corrected chi connectivity index (χ2v) is 6.82. The van der Waals surface area contributed by atoms with Gasteiger partial charge in [-0.25, -0.2) is 9.78 Å². The molecule has 7 heteroatoms. The molecule has 0 bridgehead atoms. The van der Waals surface area contributed by atoms with Gasteiger partial charge in [-0.3, -0.25) is 9.78 Å². The summed E-state index contributed by atoms with van der Waals surface area (Å²) in [5.74, 6) is 0.607. The second-order valence-electron chi connectivity index (χ2n) is 6.82. The van der Waals surface area contributed by atoms with Gasteiger partial charge in [-0.15, -0.1) is 0 Å². The first kappa shape index (κ1) is 17.2. The number of nitrogens with zero attached hydrogens (tertiary/aromatic N) is 3. The second kappa shape index (κ2) is 6.83. The summed E-state index contributed by atoms with van der Waals surface area (Å²) in [5, 5.41) is 3.92. The van der Waals surface area contributed by atoms with Crippen LogP contribution in [0.3, 0.4) is 0 Å². The Morgan fingerprint density at radius 2 is 2.00 bits per heavy atom. The molecule has 3 aromatic rings. The molecule has 0 aliphatic carbocycles. The molecule has 0 unspecified atom stereocenters. The van der Waals surface area contributed by atoms with Gasteiger partial charge in [0.25, 0.3) is 5.56 Å². The maximum absolute atomic E-state index is 12.8. The molecule has 3 heterocycles. The third-order valence-corrected chi connectivity index (χ3v) is 4.97. The number of aromatic nitrogens is 3. The number of rotatable bonds is 1. The van der Waals surface area contributed by atoms with E-state index in [4.69, 9.17) is 0 Å². The number of urea groups is 1. The summed E-state index contributed by atoms with van der Waals surface area (Å²) in [7, 11) is 0. The summed E-state index contributed by atoms with van der Waals surface area (Å²) < 4.78 is 0. The Morgan fingerprint density at radius 1 is 1.19 bits per heavy atom. The molecule has 0 spiro atoms. The normalized spacial score (nSPS) is 13.9. The molecular formula is C20H21N5O2. The van der Waals surface area contributed by atoms with Gasteiger partial charge in [0.2, 0.25) is 0 Å². The highest BCUT2D eigenvalue weighted by Crippen LogP contribution is 2.25. The molecule has 0 radical (unpaired) electrons. The van der Waals surface area contributed by atoms with Gasteiger partial charge in [-0.05, 0) is 44.0 Å². The molecular weight excluding hydrogens is 342 g/mol. The van der Waals surface area contributed by atoms with E-state index in [2.05, 4.69) is 20.3 Å². The zero-order valence-corrected chi connectivity index (χ0v) is 15.4. The molecule has 0 fully saturated rings. The van der Waals surface area contributed by atoms with Crippen LogP contribution in [0, 0.1) is 13.8 Å². The molecule has 2 aromatic heterocycles. The van der Waals surface area contributed by atoms with Crippen molar-refractivity contribution in [3.8, 4) is 0 Å². The third kappa shape index (κ3) is 3.28. The van der Waals surface area contributed by atoms with E-state index in [1.165, 1.54) is 0 Å². The number of anilines is 1. The van der Waals surface area contributed by atoms with Gasteiger partial charge in [0.1, 0.15) is 5.82 Å². The molecule has 2 N–H and O–H groups in total. The van der Waals surface area contributed by atoms with Gasteiger partial charge in [-0.2, -0.15) is 0 Å². The predicted molar refractivity (Wildman–Crippen MR) is 104 cm³/mol. The molecule has 1 aromatic carbocycles. The first-order chi connectivity index (χ1) is 13.0. The maximum atomic E-state index is 12.8. The summed E-state index contributed by atoms with van der Waals surface area (Å²) in [4.78, 5) is 38.3. The van der Waals surface area contributed by atoms with Crippen molar-refractivity contribution in [2.24, 2.45) is 0 Å². The molecule has 27 heavy (non-hydrogen) atoms. The standard InChI is InChI=1S/C20H21N5O2/c1-12-5-6-16(14-4-3-9-21-18(12)14)24-20(27)25-10-7-15-17(8-11-25)22-13(2)23-19(15)26/h3-6,9H,7-8,10-11H2,1-2H3,(H,24,27)(H,22,23,26). The van der Waals surface area contributed by atoms with Crippen LogP contribution in [0.2, 0.25) is 0 Å². The largest absolute Gasteiger partial charge is 0.324 e. The smallest absolute Gasteiger partial charge is 0.321 e. The number of carbonyl (C=O) groups excluding carboxylic acids is 1. The van der Waals surface area contributed by atoms with Crippen LogP contribution >= 0.6 is 0 Å². The lowest BCUT2D eigenvalue weighted by Crippen LogP contribution is -2.37. The number of hydrogen-bond donors (Lipinski definition) is 2. The van der Waals surface area contributed by atoms with Crippen LogP contribution in [0.4, 0.5) is 10.5 Å². The molecule has 0 atom stereocenters. The number of H-pyrrole nitrogens is 1. The fourth-order valence-electron chi connectivity index (χ4n) is 3.55. The summed E-state index contributed by atoms with van der Waals surface area (Å²) in [6, 6.07) is 7.50. The molecule has 0 saturated carbocycles. The van der Waals surface area contributed by atoms with Crippen LogP contribution in [0.25, 0.3) is 10.9 Å². The van der Waals surface area contributed by atoms with E-state index in [-0.39, 0.29) is 11.6 Å². The van der Waals surface area contributed by atoms with Crippen LogP contribution in [-0.2, 0) is 12.8 Å². The van der Waals surface area contributed by atoms with E-state index < -0.39 is 0 Å². The first-order valence-electron chi connectivity index (χ1n) is 9.02. The minimum atomic E-state index is -0.176. The number of amides is 2. The van der Waals surface area contributed by atoms with Crippen molar-refractivity contribution in [1.29, 1.82) is 0 Å². The van der Waals surface area contributed by atoms with Crippen molar-refractivity contribution in [2.45, 2.75) is 26.7 Å². The molecule has 2 amide bonds. The number of benzene rings is 1. The van der Waals surface area contributed by atoms with Gasteiger partial charge < -0.3 is 15.2 Å². The van der Waals surface area contributed by atoms with Crippen molar-refractivity contribution in [3.63, 3.8) is 0 Å². The van der Waals surface area contributed by atoms with E-state index in [0.29, 0.717) is 37.3 Å². The minimum Gasteiger partial charge on any atom is -0.324 e. The van der Waals surface area contributed by atoms with Gasteiger partial charge >= 0.3 is 6.03 Å². The number of aryl methyl sites for hydroxylation is 2. The third-order valence-electron chi connectivity index (χ3n) is 4.97. The summed E-state index contributed by atoms with van der Waals surface area (Å²) in [5.41, 5.74) is 4.05. The lowest BCUT2D eigenvalue weighted by molar-refractivity contribution is 0.214. The molecule has 1 aliphatic heterocycles. The highest BCUT2D eigenvalue weighted by Gasteiger charge is 2.22. The van der Waals surface area contributed by atoms with Gasteiger partial charge in [0, 0.05) is 36.7 Å². The Kier molecular flexibility index (Phi) is 4.35. The molecule has 138 valence electrons. The number of hydrogen-bond acceptors (Lipinski definition) is 4.